The van der Waals surface area contributed by atoms with Crippen LogP contribution in [0, 0.1) is 5.82 Å². The number of nitrogens with one attached hydrogen (secondary N) is 1. The van der Waals surface area contributed by atoms with E-state index in [9.17, 15) is 9.18 Å². The zero-order valence-corrected chi connectivity index (χ0v) is 11.4. The van der Waals surface area contributed by atoms with Gasteiger partial charge in [-0.1, -0.05) is 12.1 Å². The molecule has 1 amide bonds. The van der Waals surface area contributed by atoms with Gasteiger partial charge in [-0.15, -0.1) is 0 Å². The first-order chi connectivity index (χ1) is 9.58. The highest BCUT2D eigenvalue weighted by molar-refractivity contribution is 5.98. The van der Waals surface area contributed by atoms with Gasteiger partial charge >= 0.3 is 0 Å². The molecule has 0 fully saturated rings. The molecule has 1 heterocycles. The summed E-state index contributed by atoms with van der Waals surface area (Å²) in [6.07, 6.45) is 1.64. The molecular formula is C15H16FN3O. The number of carbonyl (C=O) groups is 1. The summed E-state index contributed by atoms with van der Waals surface area (Å²) in [6.45, 7) is 0.348. The first-order valence-electron chi connectivity index (χ1n) is 6.23. The summed E-state index contributed by atoms with van der Waals surface area (Å²) in [5.41, 5.74) is 1.36. The molecule has 2 rings (SSSR count). The third-order valence-electron chi connectivity index (χ3n) is 2.82. The minimum Gasteiger partial charge on any atom is -0.362 e. The molecular weight excluding hydrogens is 257 g/mol. The Hall–Kier alpha value is -2.43. The van der Waals surface area contributed by atoms with Gasteiger partial charge in [-0.2, -0.15) is 0 Å². The second-order valence-electron chi connectivity index (χ2n) is 4.58. The fraction of sp³-hybridized carbons (Fsp3) is 0.200. The first-order valence-corrected chi connectivity index (χ1v) is 6.23. The van der Waals surface area contributed by atoms with Gasteiger partial charge in [0.15, 0.2) is 0 Å². The zero-order chi connectivity index (χ0) is 14.5. The van der Waals surface area contributed by atoms with Crippen LogP contribution in [0.5, 0.6) is 0 Å². The molecule has 5 heteroatoms. The van der Waals surface area contributed by atoms with Crippen molar-refractivity contribution in [1.82, 2.24) is 10.3 Å². The maximum absolute atomic E-state index is 12.8. The third-order valence-corrected chi connectivity index (χ3v) is 2.82. The van der Waals surface area contributed by atoms with Crippen LogP contribution in [0.3, 0.4) is 0 Å². The van der Waals surface area contributed by atoms with Gasteiger partial charge in [-0.05, 0) is 29.8 Å². The summed E-state index contributed by atoms with van der Waals surface area (Å²) in [4.78, 5) is 18.1. The van der Waals surface area contributed by atoms with Gasteiger partial charge in [0.25, 0.3) is 5.91 Å². The second kappa shape index (κ2) is 6.14. The van der Waals surface area contributed by atoms with E-state index in [1.54, 1.807) is 35.4 Å². The van der Waals surface area contributed by atoms with E-state index in [1.165, 1.54) is 12.1 Å². The van der Waals surface area contributed by atoms with Crippen LogP contribution in [0.15, 0.2) is 42.6 Å². The van der Waals surface area contributed by atoms with E-state index in [4.69, 9.17) is 0 Å². The lowest BCUT2D eigenvalue weighted by atomic mass is 10.2. The molecule has 0 radical (unpaired) electrons. The third kappa shape index (κ3) is 3.32. The quantitative estimate of drug-likeness (QED) is 0.929. The Bertz CT molecular complexity index is 596. The molecule has 0 saturated carbocycles. The fourth-order valence-corrected chi connectivity index (χ4v) is 1.81. The summed E-state index contributed by atoms with van der Waals surface area (Å²) in [5.74, 6) is 0.123. The second-order valence-corrected chi connectivity index (χ2v) is 4.58. The van der Waals surface area contributed by atoms with E-state index in [0.29, 0.717) is 17.9 Å². The number of nitrogens with zero attached hydrogens (tertiary/aromatic N) is 2. The molecule has 0 atom stereocenters. The molecule has 0 spiro atoms. The molecule has 1 aromatic heterocycles. The predicted octanol–water partition coefficient (Wildman–Crippen LogP) is 2.22. The lowest BCUT2D eigenvalue weighted by Crippen LogP contribution is -2.25. The number of benzene rings is 1. The Morgan fingerprint density at radius 3 is 2.60 bits per heavy atom. The molecule has 0 bridgehead atoms. The van der Waals surface area contributed by atoms with Gasteiger partial charge in [-0.3, -0.25) is 4.79 Å². The molecule has 0 aliphatic rings. The summed E-state index contributed by atoms with van der Waals surface area (Å²) < 4.78 is 12.8. The molecule has 20 heavy (non-hydrogen) atoms. The van der Waals surface area contributed by atoms with Crippen LogP contribution in [0.2, 0.25) is 0 Å². The predicted molar refractivity (Wildman–Crippen MR) is 76.1 cm³/mol. The van der Waals surface area contributed by atoms with Crippen LogP contribution < -0.4 is 10.2 Å². The van der Waals surface area contributed by atoms with Crippen molar-refractivity contribution in [2.75, 3.05) is 19.0 Å². The minimum absolute atomic E-state index is 0.203. The summed E-state index contributed by atoms with van der Waals surface area (Å²) in [6, 6.07) is 9.48. The van der Waals surface area contributed by atoms with Gasteiger partial charge in [0.1, 0.15) is 11.6 Å². The molecule has 0 aliphatic heterocycles. The van der Waals surface area contributed by atoms with Crippen molar-refractivity contribution in [3.63, 3.8) is 0 Å². The summed E-state index contributed by atoms with van der Waals surface area (Å²) >= 11 is 0. The maximum atomic E-state index is 12.8. The number of anilines is 1. The first kappa shape index (κ1) is 14.0. The van der Waals surface area contributed by atoms with Gasteiger partial charge in [0.05, 0.1) is 5.56 Å². The van der Waals surface area contributed by atoms with Crippen LogP contribution in [0.4, 0.5) is 10.2 Å². The molecule has 1 aromatic carbocycles. The lowest BCUT2D eigenvalue weighted by Gasteiger charge is -2.15. The largest absolute Gasteiger partial charge is 0.362 e. The smallest absolute Gasteiger partial charge is 0.255 e. The molecule has 0 aliphatic carbocycles. The van der Waals surface area contributed by atoms with Crippen molar-refractivity contribution in [2.45, 2.75) is 6.54 Å². The van der Waals surface area contributed by atoms with E-state index < -0.39 is 0 Å². The Kier molecular flexibility index (Phi) is 4.30. The van der Waals surface area contributed by atoms with E-state index in [-0.39, 0.29) is 11.7 Å². The molecule has 0 saturated heterocycles. The number of halogens is 1. The maximum Gasteiger partial charge on any atom is 0.255 e. The number of carbonyl (C=O) groups excluding carboxylic acids is 1. The van der Waals surface area contributed by atoms with Crippen LogP contribution in [0.25, 0.3) is 0 Å². The van der Waals surface area contributed by atoms with Gasteiger partial charge in [0.2, 0.25) is 0 Å². The Balaban J connectivity index is 2.07. The number of amides is 1. The molecule has 2 aromatic rings. The highest BCUT2D eigenvalue weighted by Crippen LogP contribution is 2.14. The number of aromatic nitrogens is 1. The monoisotopic (exact) mass is 273 g/mol. The Labute approximate surface area is 117 Å². The van der Waals surface area contributed by atoms with Crippen molar-refractivity contribution < 1.29 is 9.18 Å². The SMILES string of the molecule is CN(C)c1ncccc1C(=O)NCc1ccc(F)cc1. The van der Waals surface area contributed by atoms with Crippen LogP contribution in [-0.4, -0.2) is 25.0 Å². The normalized spacial score (nSPS) is 10.2. The molecule has 0 unspecified atom stereocenters. The summed E-state index contributed by atoms with van der Waals surface area (Å²) in [7, 11) is 3.66. The average Bonchev–Trinajstić information content (AvgIpc) is 2.46. The number of hydrogen-bond donors (Lipinski definition) is 1. The highest BCUT2D eigenvalue weighted by Gasteiger charge is 2.13. The topological polar surface area (TPSA) is 45.2 Å². The number of pyridine rings is 1. The van der Waals surface area contributed by atoms with Crippen molar-refractivity contribution in [3.05, 3.63) is 59.5 Å². The van der Waals surface area contributed by atoms with Gasteiger partial charge in [0, 0.05) is 26.8 Å². The minimum atomic E-state index is -0.290. The zero-order valence-electron chi connectivity index (χ0n) is 11.4. The molecule has 104 valence electrons. The van der Waals surface area contributed by atoms with E-state index in [0.717, 1.165) is 5.56 Å². The average molecular weight is 273 g/mol. The summed E-state index contributed by atoms with van der Waals surface area (Å²) in [5, 5.41) is 2.80. The van der Waals surface area contributed by atoms with E-state index in [1.807, 2.05) is 14.1 Å². The van der Waals surface area contributed by atoms with Crippen LogP contribution in [0.1, 0.15) is 15.9 Å². The highest BCUT2D eigenvalue weighted by atomic mass is 19.1. The number of hydrogen-bond acceptors (Lipinski definition) is 3. The van der Waals surface area contributed by atoms with Crippen molar-refractivity contribution >= 4 is 11.7 Å². The van der Waals surface area contributed by atoms with Gasteiger partial charge < -0.3 is 10.2 Å². The van der Waals surface area contributed by atoms with E-state index >= 15 is 0 Å². The Morgan fingerprint density at radius 2 is 1.95 bits per heavy atom. The number of rotatable bonds is 4. The van der Waals surface area contributed by atoms with Crippen LogP contribution >= 0.6 is 0 Å². The van der Waals surface area contributed by atoms with Crippen molar-refractivity contribution in [1.29, 1.82) is 0 Å². The van der Waals surface area contributed by atoms with E-state index in [2.05, 4.69) is 10.3 Å². The Morgan fingerprint density at radius 1 is 1.25 bits per heavy atom. The van der Waals surface area contributed by atoms with Crippen molar-refractivity contribution in [3.8, 4) is 0 Å². The van der Waals surface area contributed by atoms with Gasteiger partial charge in [-0.25, -0.2) is 9.37 Å². The fourth-order valence-electron chi connectivity index (χ4n) is 1.81. The molecule has 4 nitrogen and oxygen atoms in total. The lowest BCUT2D eigenvalue weighted by molar-refractivity contribution is 0.0951. The standard InChI is InChI=1S/C15H16FN3O/c1-19(2)14-13(4-3-9-17-14)15(20)18-10-11-5-7-12(16)8-6-11/h3-9H,10H2,1-2H3,(H,18,20). The molecule has 1 N–H and O–H groups in total. The van der Waals surface area contributed by atoms with Crippen molar-refractivity contribution in [2.24, 2.45) is 0 Å². The van der Waals surface area contributed by atoms with Crippen LogP contribution in [-0.2, 0) is 6.54 Å².